The van der Waals surface area contributed by atoms with E-state index in [1.54, 1.807) is 11.0 Å². The van der Waals surface area contributed by atoms with E-state index in [9.17, 15) is 18.5 Å². The Hall–Kier alpha value is -2.53. The van der Waals surface area contributed by atoms with Crippen LogP contribution in [0.4, 0.5) is 0 Å². The summed E-state index contributed by atoms with van der Waals surface area (Å²) in [6.07, 6.45) is 2.44. The molecule has 1 amide bonds. The van der Waals surface area contributed by atoms with Crippen molar-refractivity contribution in [3.05, 3.63) is 35.4 Å². The Morgan fingerprint density at radius 1 is 1.33 bits per heavy atom. The Bertz CT molecular complexity index is 771. The summed E-state index contributed by atoms with van der Waals surface area (Å²) in [4.78, 5) is 12.6. The van der Waals surface area contributed by atoms with Gasteiger partial charge in [-0.1, -0.05) is 0 Å². The molecule has 0 spiro atoms. The first-order valence-electron chi connectivity index (χ1n) is 7.43. The lowest BCUT2D eigenvalue weighted by atomic mass is 9.97. The topological polar surface area (TPSA) is 113 Å². The number of methoxy groups -OCH3 is 1. The number of likely N-dealkylation sites (tertiary alicyclic amines) is 1. The summed E-state index contributed by atoms with van der Waals surface area (Å²) >= 11 is 0. The molecule has 0 aromatic heterocycles. The summed E-state index contributed by atoms with van der Waals surface area (Å²) in [7, 11) is -2.41. The highest BCUT2D eigenvalue weighted by atomic mass is 32.2. The molecule has 1 saturated heterocycles. The predicted octanol–water partition coefficient (Wildman–Crippen LogP) is 1.03. The number of ether oxygens (including phenoxy) is 1. The van der Waals surface area contributed by atoms with Gasteiger partial charge in [-0.2, -0.15) is 5.26 Å². The highest BCUT2D eigenvalue weighted by molar-refractivity contribution is 7.95. The van der Waals surface area contributed by atoms with Crippen molar-refractivity contribution in [2.75, 3.05) is 20.2 Å². The molecule has 0 radical (unpaired) electrons. The first-order valence-corrected chi connectivity index (χ1v) is 8.91. The molecule has 1 heterocycles. The van der Waals surface area contributed by atoms with E-state index in [0.717, 1.165) is 0 Å². The van der Waals surface area contributed by atoms with E-state index < -0.39 is 9.84 Å². The van der Waals surface area contributed by atoms with Gasteiger partial charge in [0.15, 0.2) is 4.91 Å². The lowest BCUT2D eigenvalue weighted by Gasteiger charge is -2.29. The van der Waals surface area contributed by atoms with Crippen molar-refractivity contribution in [2.24, 2.45) is 11.7 Å². The Morgan fingerprint density at radius 3 is 2.38 bits per heavy atom. The number of primary amides is 1. The molecule has 1 fully saturated rings. The Labute approximate surface area is 141 Å². The molecule has 0 unspecified atom stereocenters. The molecule has 7 nitrogen and oxygen atoms in total. The molecular formula is C16H19N3O4S. The van der Waals surface area contributed by atoms with Crippen molar-refractivity contribution < 1.29 is 17.9 Å². The van der Waals surface area contributed by atoms with Crippen LogP contribution in [0.1, 0.15) is 12.8 Å². The quantitative estimate of drug-likeness (QED) is 0.794. The minimum atomic E-state index is -3.89. The molecule has 128 valence electrons. The van der Waals surface area contributed by atoms with Gasteiger partial charge in [-0.15, -0.1) is 0 Å². The third kappa shape index (κ3) is 3.86. The predicted molar refractivity (Wildman–Crippen MR) is 87.4 cm³/mol. The van der Waals surface area contributed by atoms with Crippen molar-refractivity contribution >= 4 is 15.7 Å². The number of nitrogens with two attached hydrogens (primary N) is 1. The van der Waals surface area contributed by atoms with Crippen LogP contribution in [0.3, 0.4) is 0 Å². The number of allylic oxidation sites excluding steroid dienone is 1. The molecule has 24 heavy (non-hydrogen) atoms. The molecule has 1 aliphatic rings. The number of rotatable bonds is 5. The van der Waals surface area contributed by atoms with Crippen molar-refractivity contribution in [3.8, 4) is 11.8 Å². The summed E-state index contributed by atoms with van der Waals surface area (Å²) in [6, 6.07) is 7.62. The molecule has 0 atom stereocenters. The normalized spacial score (nSPS) is 16.5. The molecule has 0 bridgehead atoms. The molecule has 1 aromatic carbocycles. The number of carbonyl (C=O) groups excluding carboxylic acids is 1. The molecule has 2 N–H and O–H groups in total. The number of hydrogen-bond donors (Lipinski definition) is 1. The van der Waals surface area contributed by atoms with Gasteiger partial charge in [0.2, 0.25) is 15.7 Å². The zero-order chi connectivity index (χ0) is 17.7. The van der Waals surface area contributed by atoms with E-state index in [0.29, 0.717) is 31.7 Å². The van der Waals surface area contributed by atoms with Gasteiger partial charge < -0.3 is 15.4 Å². The smallest absolute Gasteiger partial charge is 0.220 e. The number of sulfone groups is 1. The van der Waals surface area contributed by atoms with Gasteiger partial charge in [0, 0.05) is 25.2 Å². The maximum atomic E-state index is 12.6. The monoisotopic (exact) mass is 349 g/mol. The molecule has 2 rings (SSSR count). The summed E-state index contributed by atoms with van der Waals surface area (Å²) < 4.78 is 30.2. The van der Waals surface area contributed by atoms with Crippen LogP contribution in [-0.2, 0) is 14.6 Å². The SMILES string of the molecule is COc1ccc(S(=O)(=O)/C(C#N)=C/N2CCC(C(N)=O)CC2)cc1. The molecule has 1 aliphatic heterocycles. The summed E-state index contributed by atoms with van der Waals surface area (Å²) in [6.45, 7) is 0.966. The average molecular weight is 349 g/mol. The van der Waals surface area contributed by atoms with Crippen LogP contribution in [0.2, 0.25) is 0 Å². The van der Waals surface area contributed by atoms with E-state index in [-0.39, 0.29) is 21.6 Å². The molecule has 8 heteroatoms. The number of carbonyl (C=O) groups is 1. The van der Waals surface area contributed by atoms with Crippen LogP contribution in [0.25, 0.3) is 0 Å². The lowest BCUT2D eigenvalue weighted by Crippen LogP contribution is -2.36. The second-order valence-electron chi connectivity index (χ2n) is 5.50. The zero-order valence-corrected chi connectivity index (χ0v) is 14.1. The molecule has 0 saturated carbocycles. The fourth-order valence-corrected chi connectivity index (χ4v) is 3.68. The van der Waals surface area contributed by atoms with Crippen LogP contribution in [0, 0.1) is 17.2 Å². The van der Waals surface area contributed by atoms with Gasteiger partial charge in [0.1, 0.15) is 11.8 Å². The van der Waals surface area contributed by atoms with Gasteiger partial charge in [-0.3, -0.25) is 4.79 Å². The van der Waals surface area contributed by atoms with Crippen molar-refractivity contribution in [1.29, 1.82) is 5.26 Å². The van der Waals surface area contributed by atoms with Crippen molar-refractivity contribution in [3.63, 3.8) is 0 Å². The zero-order valence-electron chi connectivity index (χ0n) is 13.3. The van der Waals surface area contributed by atoms with Crippen molar-refractivity contribution in [1.82, 2.24) is 4.90 Å². The van der Waals surface area contributed by atoms with Crippen LogP contribution in [-0.4, -0.2) is 39.4 Å². The van der Waals surface area contributed by atoms with Gasteiger partial charge in [-0.05, 0) is 37.1 Å². The molecule has 1 aromatic rings. The molecular weight excluding hydrogens is 330 g/mol. The summed E-state index contributed by atoms with van der Waals surface area (Å²) in [5, 5.41) is 9.27. The van der Waals surface area contributed by atoms with E-state index in [4.69, 9.17) is 10.5 Å². The maximum absolute atomic E-state index is 12.6. The average Bonchev–Trinajstić information content (AvgIpc) is 2.59. The standard InChI is InChI=1S/C16H19N3O4S/c1-23-13-2-4-14(5-3-13)24(21,22)15(10-17)11-19-8-6-12(7-9-19)16(18)20/h2-5,11-12H,6-9H2,1H3,(H2,18,20)/b15-11+. The number of amides is 1. The summed E-state index contributed by atoms with van der Waals surface area (Å²) in [5.74, 6) is -0.00617. The number of piperidine rings is 1. The first kappa shape index (κ1) is 17.8. The van der Waals surface area contributed by atoms with Crippen LogP contribution < -0.4 is 10.5 Å². The van der Waals surface area contributed by atoms with Gasteiger partial charge >= 0.3 is 0 Å². The van der Waals surface area contributed by atoms with Crippen LogP contribution in [0.15, 0.2) is 40.3 Å². The number of nitrogens with zero attached hydrogens (tertiary/aromatic N) is 2. The minimum Gasteiger partial charge on any atom is -0.497 e. The van der Waals surface area contributed by atoms with Gasteiger partial charge in [0.05, 0.1) is 12.0 Å². The lowest BCUT2D eigenvalue weighted by molar-refractivity contribution is -0.122. The Kier molecular flexibility index (Phi) is 5.46. The fraction of sp³-hybridized carbons (Fsp3) is 0.375. The Morgan fingerprint density at radius 2 is 1.92 bits per heavy atom. The number of nitriles is 1. The van der Waals surface area contributed by atoms with E-state index in [1.807, 2.05) is 0 Å². The van der Waals surface area contributed by atoms with E-state index in [2.05, 4.69) is 0 Å². The largest absolute Gasteiger partial charge is 0.497 e. The summed E-state index contributed by atoms with van der Waals surface area (Å²) in [5.41, 5.74) is 5.28. The first-order chi connectivity index (χ1) is 11.4. The highest BCUT2D eigenvalue weighted by Gasteiger charge is 2.25. The highest BCUT2D eigenvalue weighted by Crippen LogP contribution is 2.24. The van der Waals surface area contributed by atoms with Gasteiger partial charge in [0.25, 0.3) is 0 Å². The Balaban J connectivity index is 2.20. The van der Waals surface area contributed by atoms with Gasteiger partial charge in [-0.25, -0.2) is 8.42 Å². The minimum absolute atomic E-state index is 0.0307. The number of benzene rings is 1. The number of hydrogen-bond acceptors (Lipinski definition) is 6. The van der Waals surface area contributed by atoms with Crippen molar-refractivity contribution in [2.45, 2.75) is 17.7 Å². The van der Waals surface area contributed by atoms with E-state index >= 15 is 0 Å². The second kappa shape index (κ2) is 7.36. The van der Waals surface area contributed by atoms with Crippen LogP contribution in [0.5, 0.6) is 5.75 Å². The molecule has 0 aliphatic carbocycles. The maximum Gasteiger partial charge on any atom is 0.220 e. The fourth-order valence-electron chi connectivity index (χ4n) is 2.52. The second-order valence-corrected chi connectivity index (χ2v) is 7.41. The van der Waals surface area contributed by atoms with E-state index in [1.165, 1.54) is 37.6 Å². The third-order valence-electron chi connectivity index (χ3n) is 4.00. The van der Waals surface area contributed by atoms with Crippen LogP contribution >= 0.6 is 0 Å². The third-order valence-corrected chi connectivity index (χ3v) is 5.67.